The highest BCUT2D eigenvalue weighted by molar-refractivity contribution is 5.93. The Hall–Kier alpha value is -3.72. The van der Waals surface area contributed by atoms with Crippen molar-refractivity contribution in [3.63, 3.8) is 0 Å². The van der Waals surface area contributed by atoms with Crippen LogP contribution in [0.25, 0.3) is 10.8 Å². The molecule has 3 aromatic rings. The van der Waals surface area contributed by atoms with Gasteiger partial charge in [0.25, 0.3) is 11.5 Å². The van der Waals surface area contributed by atoms with Crippen molar-refractivity contribution in [2.24, 2.45) is 7.05 Å². The van der Waals surface area contributed by atoms with Crippen molar-refractivity contribution >= 4 is 34.0 Å². The van der Waals surface area contributed by atoms with Gasteiger partial charge in [0, 0.05) is 36.9 Å². The van der Waals surface area contributed by atoms with E-state index in [0.717, 1.165) is 18.8 Å². The van der Waals surface area contributed by atoms with E-state index < -0.39 is 18.5 Å². The van der Waals surface area contributed by atoms with Gasteiger partial charge in [-0.2, -0.15) is 5.10 Å². The topological polar surface area (TPSA) is 103 Å². The Kier molecular flexibility index (Phi) is 6.46. The van der Waals surface area contributed by atoms with Crippen molar-refractivity contribution in [3.8, 4) is 0 Å². The van der Waals surface area contributed by atoms with Gasteiger partial charge < -0.3 is 19.7 Å². The van der Waals surface area contributed by atoms with Crippen LogP contribution in [0.1, 0.15) is 5.69 Å². The summed E-state index contributed by atoms with van der Waals surface area (Å²) < 4.78 is 11.7. The van der Waals surface area contributed by atoms with Crippen molar-refractivity contribution in [2.75, 3.05) is 43.1 Å². The number of fused-ring (bicyclic) bond motifs is 1. The maximum atomic E-state index is 12.3. The number of benzene rings is 2. The summed E-state index contributed by atoms with van der Waals surface area (Å²) in [7, 11) is 1.53. The Morgan fingerprint density at radius 2 is 1.75 bits per heavy atom. The molecule has 1 aliphatic heterocycles. The van der Waals surface area contributed by atoms with E-state index in [2.05, 4.69) is 15.3 Å². The van der Waals surface area contributed by atoms with Crippen LogP contribution >= 0.6 is 0 Å². The van der Waals surface area contributed by atoms with Crippen molar-refractivity contribution in [2.45, 2.75) is 6.42 Å². The summed E-state index contributed by atoms with van der Waals surface area (Å²) in [5.41, 5.74) is 1.87. The van der Waals surface area contributed by atoms with E-state index in [-0.39, 0.29) is 12.0 Å². The molecule has 1 N–H and O–H groups in total. The zero-order valence-corrected chi connectivity index (χ0v) is 17.7. The fourth-order valence-electron chi connectivity index (χ4n) is 3.61. The zero-order chi connectivity index (χ0) is 22.5. The van der Waals surface area contributed by atoms with Gasteiger partial charge in [-0.3, -0.25) is 14.4 Å². The van der Waals surface area contributed by atoms with Gasteiger partial charge >= 0.3 is 5.97 Å². The summed E-state index contributed by atoms with van der Waals surface area (Å²) in [6.45, 7) is 2.67. The Bertz CT molecular complexity index is 1180. The molecule has 1 aromatic heterocycles. The Morgan fingerprint density at radius 3 is 2.47 bits per heavy atom. The van der Waals surface area contributed by atoms with Gasteiger partial charge in [0.15, 0.2) is 6.61 Å². The average molecular weight is 436 g/mol. The number of nitrogens with zero attached hydrogens (tertiary/aromatic N) is 3. The maximum Gasteiger partial charge on any atom is 0.312 e. The van der Waals surface area contributed by atoms with Gasteiger partial charge in [-0.25, -0.2) is 4.68 Å². The molecule has 0 bridgehead atoms. The highest BCUT2D eigenvalue weighted by Gasteiger charge is 2.15. The fourth-order valence-corrected chi connectivity index (χ4v) is 3.61. The second-order valence-corrected chi connectivity index (χ2v) is 7.45. The number of nitrogens with one attached hydrogen (secondary N) is 1. The number of carbonyl (C=O) groups excluding carboxylic acids is 2. The van der Waals surface area contributed by atoms with E-state index in [9.17, 15) is 14.4 Å². The van der Waals surface area contributed by atoms with Crippen LogP contribution in [0, 0.1) is 0 Å². The molecule has 0 unspecified atom stereocenters. The number of hydrogen-bond acceptors (Lipinski definition) is 7. The Balaban J connectivity index is 1.32. The monoisotopic (exact) mass is 436 g/mol. The zero-order valence-electron chi connectivity index (χ0n) is 17.7. The molecule has 1 aliphatic rings. The number of morpholine rings is 1. The van der Waals surface area contributed by atoms with Gasteiger partial charge in [0.2, 0.25) is 0 Å². The van der Waals surface area contributed by atoms with Crippen LogP contribution in [0.4, 0.5) is 11.4 Å². The molecule has 9 nitrogen and oxygen atoms in total. The van der Waals surface area contributed by atoms with Crippen LogP contribution in [0.15, 0.2) is 53.3 Å². The number of hydrogen-bond donors (Lipinski definition) is 1. The van der Waals surface area contributed by atoms with Gasteiger partial charge in [-0.15, -0.1) is 0 Å². The van der Waals surface area contributed by atoms with Crippen LogP contribution in [-0.2, 0) is 32.5 Å². The molecule has 1 saturated heterocycles. The lowest BCUT2D eigenvalue weighted by molar-refractivity contribution is -0.146. The van der Waals surface area contributed by atoms with Crippen LogP contribution in [-0.4, -0.2) is 54.6 Å². The van der Waals surface area contributed by atoms with Crippen LogP contribution in [0.3, 0.4) is 0 Å². The second-order valence-electron chi connectivity index (χ2n) is 7.45. The van der Waals surface area contributed by atoms with E-state index in [1.807, 2.05) is 24.3 Å². The molecular weight excluding hydrogens is 412 g/mol. The highest BCUT2D eigenvalue weighted by Crippen LogP contribution is 2.19. The largest absolute Gasteiger partial charge is 0.455 e. The third-order valence-corrected chi connectivity index (χ3v) is 5.24. The number of anilines is 2. The molecule has 166 valence electrons. The van der Waals surface area contributed by atoms with E-state index in [0.29, 0.717) is 35.4 Å². The van der Waals surface area contributed by atoms with Crippen molar-refractivity contribution in [1.29, 1.82) is 0 Å². The predicted octanol–water partition coefficient (Wildman–Crippen LogP) is 1.49. The summed E-state index contributed by atoms with van der Waals surface area (Å²) in [6.07, 6.45) is -0.143. The van der Waals surface area contributed by atoms with Crippen molar-refractivity contribution in [1.82, 2.24) is 9.78 Å². The van der Waals surface area contributed by atoms with Gasteiger partial charge in [-0.1, -0.05) is 18.2 Å². The van der Waals surface area contributed by atoms with Crippen LogP contribution in [0.5, 0.6) is 0 Å². The third kappa shape index (κ3) is 4.94. The molecule has 0 radical (unpaired) electrons. The summed E-state index contributed by atoms with van der Waals surface area (Å²) in [6, 6.07) is 14.4. The van der Waals surface area contributed by atoms with E-state index >= 15 is 0 Å². The molecular formula is C23H24N4O5. The van der Waals surface area contributed by atoms with Gasteiger partial charge in [-0.05, 0) is 30.3 Å². The number of esters is 1. The van der Waals surface area contributed by atoms with Gasteiger partial charge in [0.1, 0.15) is 0 Å². The summed E-state index contributed by atoms with van der Waals surface area (Å²) in [5, 5.41) is 7.96. The van der Waals surface area contributed by atoms with E-state index in [1.54, 1.807) is 24.3 Å². The first-order chi connectivity index (χ1) is 15.5. The normalized spacial score (nSPS) is 13.7. The van der Waals surface area contributed by atoms with Crippen molar-refractivity contribution < 1.29 is 19.1 Å². The lowest BCUT2D eigenvalue weighted by Gasteiger charge is -2.28. The molecule has 9 heteroatoms. The minimum absolute atomic E-state index is 0.143. The SMILES string of the molecule is Cn1nc(CC(=O)OCC(=O)Nc2ccc(N3CCOCC3)cc2)c2ccccc2c1=O. The molecule has 2 aromatic carbocycles. The summed E-state index contributed by atoms with van der Waals surface area (Å²) in [4.78, 5) is 38.9. The lowest BCUT2D eigenvalue weighted by atomic mass is 10.1. The number of aryl methyl sites for hydroxylation is 1. The number of rotatable bonds is 6. The fraction of sp³-hybridized carbons (Fsp3) is 0.304. The van der Waals surface area contributed by atoms with E-state index in [4.69, 9.17) is 9.47 Å². The molecule has 0 atom stereocenters. The first-order valence-corrected chi connectivity index (χ1v) is 10.3. The second kappa shape index (κ2) is 9.61. The van der Waals surface area contributed by atoms with Crippen molar-refractivity contribution in [3.05, 3.63) is 64.6 Å². The molecule has 4 rings (SSSR count). The summed E-state index contributed by atoms with van der Waals surface area (Å²) in [5.74, 6) is -1.03. The average Bonchev–Trinajstić information content (AvgIpc) is 2.82. The lowest BCUT2D eigenvalue weighted by Crippen LogP contribution is -2.36. The van der Waals surface area contributed by atoms with Gasteiger partial charge in [0.05, 0.1) is 30.7 Å². The van der Waals surface area contributed by atoms with Crippen LogP contribution in [0.2, 0.25) is 0 Å². The molecule has 0 aliphatic carbocycles. The quantitative estimate of drug-likeness (QED) is 0.584. The molecule has 32 heavy (non-hydrogen) atoms. The first kappa shape index (κ1) is 21.5. The third-order valence-electron chi connectivity index (χ3n) is 5.24. The number of ether oxygens (including phenoxy) is 2. The molecule has 0 spiro atoms. The molecule has 0 saturated carbocycles. The number of carbonyl (C=O) groups is 2. The standard InChI is InChI=1S/C23H24N4O5/c1-26-23(30)19-5-3-2-4-18(19)20(25-26)14-22(29)32-15-21(28)24-16-6-8-17(9-7-16)27-10-12-31-13-11-27/h2-9H,10-15H2,1H3,(H,24,28). The Morgan fingerprint density at radius 1 is 1.06 bits per heavy atom. The predicted molar refractivity (Wildman–Crippen MR) is 120 cm³/mol. The van der Waals surface area contributed by atoms with E-state index in [1.165, 1.54) is 11.7 Å². The molecule has 1 amide bonds. The first-order valence-electron chi connectivity index (χ1n) is 10.3. The Labute approximate surface area is 184 Å². The summed E-state index contributed by atoms with van der Waals surface area (Å²) >= 11 is 0. The minimum atomic E-state index is -0.598. The smallest absolute Gasteiger partial charge is 0.312 e. The van der Waals surface area contributed by atoms with Crippen LogP contribution < -0.4 is 15.8 Å². The molecule has 1 fully saturated rings. The maximum absolute atomic E-state index is 12.3. The highest BCUT2D eigenvalue weighted by atomic mass is 16.5. The number of amides is 1. The minimum Gasteiger partial charge on any atom is -0.455 e. The molecule has 2 heterocycles. The number of aromatic nitrogens is 2.